The van der Waals surface area contributed by atoms with Gasteiger partial charge in [-0.1, -0.05) is 57.3 Å². The van der Waals surface area contributed by atoms with Crippen LogP contribution in [0.3, 0.4) is 0 Å². The lowest BCUT2D eigenvalue weighted by Crippen LogP contribution is -1.82. The minimum absolute atomic E-state index is 0.612. The number of hydrogen-bond acceptors (Lipinski definition) is 2. The van der Waals surface area contributed by atoms with Gasteiger partial charge in [-0.15, -0.1) is 11.3 Å². The van der Waals surface area contributed by atoms with Gasteiger partial charge in [-0.2, -0.15) is 0 Å². The van der Waals surface area contributed by atoms with Gasteiger partial charge >= 0.3 is 0 Å². The van der Waals surface area contributed by atoms with Gasteiger partial charge in [0.1, 0.15) is 5.01 Å². The van der Waals surface area contributed by atoms with Crippen molar-refractivity contribution in [2.45, 2.75) is 0 Å². The van der Waals surface area contributed by atoms with Crippen molar-refractivity contribution in [1.29, 1.82) is 0 Å². The first-order valence-electron chi connectivity index (χ1n) is 5.81. The molecule has 0 saturated heterocycles. The third kappa shape index (κ3) is 2.77. The first kappa shape index (κ1) is 14.1. The van der Waals surface area contributed by atoms with Gasteiger partial charge in [0.05, 0.1) is 10.7 Å². The lowest BCUT2D eigenvalue weighted by molar-refractivity contribution is 1.40. The summed E-state index contributed by atoms with van der Waals surface area (Å²) in [6.07, 6.45) is 0. The van der Waals surface area contributed by atoms with Crippen LogP contribution in [0.4, 0.5) is 0 Å². The molecule has 0 amide bonds. The standard InChI is InChI=1S/C15H8BrCl2NS/c16-12-4-2-1-3-10(12)15-19-14(8-20-15)11-6-5-9(17)7-13(11)18/h1-8H. The second-order valence-electron chi connectivity index (χ2n) is 4.14. The average Bonchev–Trinajstić information content (AvgIpc) is 2.88. The molecule has 100 valence electrons. The fourth-order valence-corrected chi connectivity index (χ4v) is 3.82. The highest BCUT2D eigenvalue weighted by Crippen LogP contribution is 2.36. The number of halogens is 3. The topological polar surface area (TPSA) is 12.9 Å². The van der Waals surface area contributed by atoms with Crippen LogP contribution in [0.1, 0.15) is 0 Å². The first-order valence-corrected chi connectivity index (χ1v) is 8.24. The monoisotopic (exact) mass is 383 g/mol. The van der Waals surface area contributed by atoms with Crippen LogP contribution in [-0.4, -0.2) is 4.98 Å². The number of nitrogens with zero attached hydrogens (tertiary/aromatic N) is 1. The number of rotatable bonds is 2. The average molecular weight is 385 g/mol. The van der Waals surface area contributed by atoms with Crippen molar-refractivity contribution in [2.24, 2.45) is 0 Å². The molecule has 20 heavy (non-hydrogen) atoms. The highest BCUT2D eigenvalue weighted by Gasteiger charge is 2.11. The van der Waals surface area contributed by atoms with Crippen molar-refractivity contribution in [1.82, 2.24) is 4.98 Å². The fourth-order valence-electron chi connectivity index (χ4n) is 1.85. The van der Waals surface area contributed by atoms with Gasteiger partial charge < -0.3 is 0 Å². The molecule has 3 aromatic rings. The summed E-state index contributed by atoms with van der Waals surface area (Å²) < 4.78 is 1.03. The van der Waals surface area contributed by atoms with E-state index in [1.54, 1.807) is 17.4 Å². The van der Waals surface area contributed by atoms with Gasteiger partial charge in [0, 0.05) is 26.0 Å². The van der Waals surface area contributed by atoms with Crippen LogP contribution in [0.25, 0.3) is 21.8 Å². The largest absolute Gasteiger partial charge is 0.236 e. The van der Waals surface area contributed by atoms with Crippen molar-refractivity contribution in [3.63, 3.8) is 0 Å². The molecule has 0 spiro atoms. The minimum Gasteiger partial charge on any atom is -0.236 e. The molecular formula is C15H8BrCl2NS. The van der Waals surface area contributed by atoms with Crippen molar-refractivity contribution in [3.05, 3.63) is 62.4 Å². The van der Waals surface area contributed by atoms with Crippen molar-refractivity contribution in [3.8, 4) is 21.8 Å². The maximum Gasteiger partial charge on any atom is 0.125 e. The zero-order valence-electron chi connectivity index (χ0n) is 10.1. The molecule has 0 unspecified atom stereocenters. The summed E-state index contributed by atoms with van der Waals surface area (Å²) in [5.41, 5.74) is 2.84. The molecule has 1 aromatic heterocycles. The minimum atomic E-state index is 0.612. The quantitative estimate of drug-likeness (QED) is 0.488. The fraction of sp³-hybridized carbons (Fsp3) is 0. The van der Waals surface area contributed by atoms with Crippen LogP contribution in [0.5, 0.6) is 0 Å². The maximum atomic E-state index is 6.22. The maximum absolute atomic E-state index is 6.22. The predicted molar refractivity (Wildman–Crippen MR) is 90.7 cm³/mol. The summed E-state index contributed by atoms with van der Waals surface area (Å²) >= 11 is 17.3. The van der Waals surface area contributed by atoms with E-state index in [1.165, 1.54) is 0 Å². The second-order valence-corrected chi connectivity index (χ2v) is 6.70. The van der Waals surface area contributed by atoms with E-state index in [-0.39, 0.29) is 0 Å². The van der Waals surface area contributed by atoms with Crippen molar-refractivity contribution in [2.75, 3.05) is 0 Å². The molecule has 1 heterocycles. The van der Waals surface area contributed by atoms with Crippen LogP contribution in [0, 0.1) is 0 Å². The number of hydrogen-bond donors (Lipinski definition) is 0. The summed E-state index contributed by atoms with van der Waals surface area (Å²) in [5.74, 6) is 0. The highest BCUT2D eigenvalue weighted by molar-refractivity contribution is 9.10. The van der Waals surface area contributed by atoms with Crippen molar-refractivity contribution >= 4 is 50.5 Å². The first-order chi connectivity index (χ1) is 9.65. The molecule has 0 aliphatic carbocycles. The molecule has 3 rings (SSSR count). The normalized spacial score (nSPS) is 10.8. The Kier molecular flexibility index (Phi) is 4.13. The zero-order valence-corrected chi connectivity index (χ0v) is 14.0. The molecule has 0 N–H and O–H groups in total. The SMILES string of the molecule is Clc1ccc(-c2csc(-c3ccccc3Br)n2)c(Cl)c1. The van der Waals surface area contributed by atoms with E-state index in [0.717, 1.165) is 26.3 Å². The van der Waals surface area contributed by atoms with E-state index in [9.17, 15) is 0 Å². The number of aromatic nitrogens is 1. The summed E-state index contributed by atoms with van der Waals surface area (Å²) in [5, 5.41) is 4.20. The van der Waals surface area contributed by atoms with Gasteiger partial charge in [0.2, 0.25) is 0 Å². The molecule has 1 nitrogen and oxygen atoms in total. The van der Waals surface area contributed by atoms with Gasteiger partial charge in [0.15, 0.2) is 0 Å². The Morgan fingerprint density at radius 2 is 1.80 bits per heavy atom. The Morgan fingerprint density at radius 3 is 2.55 bits per heavy atom. The molecular weight excluding hydrogens is 377 g/mol. The molecule has 5 heteroatoms. The lowest BCUT2D eigenvalue weighted by Gasteiger charge is -2.01. The summed E-state index contributed by atoms with van der Waals surface area (Å²) in [7, 11) is 0. The van der Waals surface area contributed by atoms with Gasteiger partial charge in [0.25, 0.3) is 0 Å². The lowest BCUT2D eigenvalue weighted by atomic mass is 10.2. The highest BCUT2D eigenvalue weighted by atomic mass is 79.9. The van der Waals surface area contributed by atoms with E-state index in [4.69, 9.17) is 23.2 Å². The zero-order chi connectivity index (χ0) is 14.1. The molecule has 0 aliphatic heterocycles. The predicted octanol–water partition coefficient (Wildman–Crippen LogP) is 6.55. The van der Waals surface area contributed by atoms with E-state index in [2.05, 4.69) is 20.9 Å². The van der Waals surface area contributed by atoms with Gasteiger partial charge in [-0.25, -0.2) is 4.98 Å². The van der Waals surface area contributed by atoms with Crippen molar-refractivity contribution < 1.29 is 0 Å². The van der Waals surface area contributed by atoms with Crippen LogP contribution in [0.15, 0.2) is 52.3 Å². The Balaban J connectivity index is 2.04. The summed E-state index contributed by atoms with van der Waals surface area (Å²) in [6, 6.07) is 13.5. The molecule has 0 fully saturated rings. The molecule has 2 aromatic carbocycles. The Hall–Kier alpha value is -0.870. The molecule has 0 saturated carbocycles. The molecule has 0 atom stereocenters. The second kappa shape index (κ2) is 5.86. The molecule has 0 bridgehead atoms. The van der Waals surface area contributed by atoms with Crippen LogP contribution in [0.2, 0.25) is 10.0 Å². The third-order valence-electron chi connectivity index (χ3n) is 2.82. The summed E-state index contributed by atoms with van der Waals surface area (Å²) in [6.45, 7) is 0. The van der Waals surface area contributed by atoms with Crippen LogP contribution in [-0.2, 0) is 0 Å². The third-order valence-corrected chi connectivity index (χ3v) is 4.93. The van der Waals surface area contributed by atoms with Crippen LogP contribution < -0.4 is 0 Å². The number of benzene rings is 2. The van der Waals surface area contributed by atoms with E-state index >= 15 is 0 Å². The Morgan fingerprint density at radius 1 is 1.00 bits per heavy atom. The van der Waals surface area contributed by atoms with Gasteiger partial charge in [-0.3, -0.25) is 0 Å². The van der Waals surface area contributed by atoms with Gasteiger partial charge in [-0.05, 0) is 24.3 Å². The van der Waals surface area contributed by atoms with E-state index in [1.807, 2.05) is 41.8 Å². The molecule has 0 radical (unpaired) electrons. The Bertz CT molecular complexity index is 770. The number of thiazole rings is 1. The van der Waals surface area contributed by atoms with Crippen LogP contribution >= 0.6 is 50.5 Å². The van der Waals surface area contributed by atoms with E-state index in [0.29, 0.717) is 10.0 Å². The smallest absolute Gasteiger partial charge is 0.125 e. The molecule has 0 aliphatic rings. The summed E-state index contributed by atoms with van der Waals surface area (Å²) in [4.78, 5) is 4.66. The van der Waals surface area contributed by atoms with E-state index < -0.39 is 0 Å². The Labute approximate surface area is 139 Å².